The Kier molecular flexibility index (Phi) is 11.7. The van der Waals surface area contributed by atoms with Gasteiger partial charge >= 0.3 is 0 Å². The SMILES string of the molecule is CCCCCCCCCCCCCCOc1cc(C)cc(C)c1. The van der Waals surface area contributed by atoms with Gasteiger partial charge in [0.25, 0.3) is 0 Å². The average Bonchev–Trinajstić information content (AvgIpc) is 2.51. The molecule has 0 aromatic heterocycles. The molecule has 0 aliphatic carbocycles. The van der Waals surface area contributed by atoms with E-state index in [1.165, 1.54) is 88.2 Å². The van der Waals surface area contributed by atoms with E-state index in [9.17, 15) is 0 Å². The fourth-order valence-corrected chi connectivity index (χ4v) is 3.15. The number of hydrogen-bond acceptors (Lipinski definition) is 1. The van der Waals surface area contributed by atoms with Gasteiger partial charge in [-0.2, -0.15) is 0 Å². The number of rotatable bonds is 14. The van der Waals surface area contributed by atoms with Gasteiger partial charge in [0.1, 0.15) is 5.75 Å². The molecule has 0 bridgehead atoms. The number of unbranched alkanes of at least 4 members (excludes halogenated alkanes) is 11. The van der Waals surface area contributed by atoms with Gasteiger partial charge in [0.15, 0.2) is 0 Å². The number of ether oxygens (including phenoxy) is 1. The third-order valence-electron chi connectivity index (χ3n) is 4.46. The Bertz CT molecular complexity index is 377. The van der Waals surface area contributed by atoms with E-state index in [2.05, 4.69) is 39.0 Å². The Morgan fingerprint density at radius 2 is 1.04 bits per heavy atom. The van der Waals surface area contributed by atoms with Crippen LogP contribution in [0.15, 0.2) is 18.2 Å². The Morgan fingerprint density at radius 1 is 0.609 bits per heavy atom. The predicted octanol–water partition coefficient (Wildman–Crippen LogP) is 7.38. The maximum atomic E-state index is 5.86. The van der Waals surface area contributed by atoms with Gasteiger partial charge in [-0.05, 0) is 43.5 Å². The molecular weight excluding hydrogens is 280 g/mol. The first-order valence-corrected chi connectivity index (χ1v) is 9.93. The zero-order valence-corrected chi connectivity index (χ0v) is 15.8. The van der Waals surface area contributed by atoms with E-state index in [-0.39, 0.29) is 0 Å². The molecule has 0 N–H and O–H groups in total. The second kappa shape index (κ2) is 13.5. The number of hydrogen-bond donors (Lipinski definition) is 0. The minimum Gasteiger partial charge on any atom is -0.494 e. The molecule has 0 amide bonds. The summed E-state index contributed by atoms with van der Waals surface area (Å²) in [6, 6.07) is 6.46. The lowest BCUT2D eigenvalue weighted by Gasteiger charge is -2.08. The maximum Gasteiger partial charge on any atom is 0.119 e. The molecule has 1 heteroatoms. The molecule has 132 valence electrons. The predicted molar refractivity (Wildman–Crippen MR) is 102 cm³/mol. The lowest BCUT2D eigenvalue weighted by Crippen LogP contribution is -1.98. The van der Waals surface area contributed by atoms with Gasteiger partial charge in [0.2, 0.25) is 0 Å². The monoisotopic (exact) mass is 318 g/mol. The Balaban J connectivity index is 1.86. The summed E-state index contributed by atoms with van der Waals surface area (Å²) in [4.78, 5) is 0. The first-order chi connectivity index (χ1) is 11.2. The summed E-state index contributed by atoms with van der Waals surface area (Å²) in [7, 11) is 0. The summed E-state index contributed by atoms with van der Waals surface area (Å²) in [6.45, 7) is 7.40. The maximum absolute atomic E-state index is 5.86. The van der Waals surface area contributed by atoms with Crippen LogP contribution < -0.4 is 4.74 Å². The molecule has 0 saturated heterocycles. The molecule has 0 aliphatic rings. The highest BCUT2D eigenvalue weighted by atomic mass is 16.5. The second-order valence-corrected chi connectivity index (χ2v) is 7.06. The smallest absolute Gasteiger partial charge is 0.119 e. The van der Waals surface area contributed by atoms with Crippen LogP contribution in [0.2, 0.25) is 0 Å². The highest BCUT2D eigenvalue weighted by Crippen LogP contribution is 2.17. The summed E-state index contributed by atoms with van der Waals surface area (Å²) in [5, 5.41) is 0. The normalized spacial score (nSPS) is 10.9. The first kappa shape index (κ1) is 20.1. The lowest BCUT2D eigenvalue weighted by molar-refractivity contribution is 0.304. The van der Waals surface area contributed by atoms with E-state index in [1.807, 2.05) is 0 Å². The van der Waals surface area contributed by atoms with Crippen LogP contribution in [-0.4, -0.2) is 6.61 Å². The summed E-state index contributed by atoms with van der Waals surface area (Å²) < 4.78 is 5.86. The minimum absolute atomic E-state index is 0.861. The summed E-state index contributed by atoms with van der Waals surface area (Å²) in [5.74, 6) is 1.03. The van der Waals surface area contributed by atoms with Gasteiger partial charge in [-0.1, -0.05) is 83.6 Å². The summed E-state index contributed by atoms with van der Waals surface area (Å²) >= 11 is 0. The van der Waals surface area contributed by atoms with Gasteiger partial charge in [-0.15, -0.1) is 0 Å². The van der Waals surface area contributed by atoms with Crippen LogP contribution in [-0.2, 0) is 0 Å². The third-order valence-corrected chi connectivity index (χ3v) is 4.46. The fraction of sp³-hybridized carbons (Fsp3) is 0.727. The quantitative estimate of drug-likeness (QED) is 0.325. The Labute approximate surface area is 144 Å². The average molecular weight is 319 g/mol. The molecule has 0 unspecified atom stereocenters. The van der Waals surface area contributed by atoms with Crippen molar-refractivity contribution in [1.82, 2.24) is 0 Å². The van der Waals surface area contributed by atoms with Crippen molar-refractivity contribution in [1.29, 1.82) is 0 Å². The zero-order chi connectivity index (χ0) is 16.8. The Hall–Kier alpha value is -0.980. The van der Waals surface area contributed by atoms with E-state index in [1.54, 1.807) is 0 Å². The lowest BCUT2D eigenvalue weighted by atomic mass is 10.1. The van der Waals surface area contributed by atoms with Crippen molar-refractivity contribution in [3.63, 3.8) is 0 Å². The number of aryl methyl sites for hydroxylation is 2. The molecule has 1 aromatic carbocycles. The van der Waals surface area contributed by atoms with Crippen LogP contribution in [0.5, 0.6) is 5.75 Å². The standard InChI is InChI=1S/C22H38O/c1-4-5-6-7-8-9-10-11-12-13-14-15-16-23-22-18-20(2)17-21(3)19-22/h17-19H,4-16H2,1-3H3. The minimum atomic E-state index is 0.861. The van der Waals surface area contributed by atoms with Crippen molar-refractivity contribution in [2.24, 2.45) is 0 Å². The van der Waals surface area contributed by atoms with E-state index in [0.29, 0.717) is 0 Å². The molecule has 0 saturated carbocycles. The van der Waals surface area contributed by atoms with Gasteiger partial charge in [0.05, 0.1) is 6.61 Å². The highest BCUT2D eigenvalue weighted by molar-refractivity contribution is 5.32. The van der Waals surface area contributed by atoms with Gasteiger partial charge < -0.3 is 4.74 Å². The summed E-state index contributed by atoms with van der Waals surface area (Å²) in [6.07, 6.45) is 16.7. The van der Waals surface area contributed by atoms with Crippen molar-refractivity contribution < 1.29 is 4.74 Å². The van der Waals surface area contributed by atoms with Crippen LogP contribution in [0, 0.1) is 13.8 Å². The molecule has 0 aliphatic heterocycles. The van der Waals surface area contributed by atoms with Crippen molar-refractivity contribution in [2.75, 3.05) is 6.61 Å². The van der Waals surface area contributed by atoms with E-state index in [0.717, 1.165) is 12.4 Å². The second-order valence-electron chi connectivity index (χ2n) is 7.06. The zero-order valence-electron chi connectivity index (χ0n) is 15.8. The number of benzene rings is 1. The van der Waals surface area contributed by atoms with Crippen LogP contribution in [0.3, 0.4) is 0 Å². The van der Waals surface area contributed by atoms with Gasteiger partial charge in [0, 0.05) is 0 Å². The van der Waals surface area contributed by atoms with E-state index in [4.69, 9.17) is 4.74 Å². The van der Waals surface area contributed by atoms with Gasteiger partial charge in [-0.3, -0.25) is 0 Å². The molecule has 23 heavy (non-hydrogen) atoms. The molecule has 1 nitrogen and oxygen atoms in total. The largest absolute Gasteiger partial charge is 0.494 e. The molecule has 0 heterocycles. The molecule has 0 spiro atoms. The summed E-state index contributed by atoms with van der Waals surface area (Å²) in [5.41, 5.74) is 2.57. The van der Waals surface area contributed by atoms with Crippen LogP contribution in [0.25, 0.3) is 0 Å². The molecule has 0 atom stereocenters. The Morgan fingerprint density at radius 3 is 1.52 bits per heavy atom. The molecule has 0 radical (unpaired) electrons. The van der Waals surface area contributed by atoms with Crippen molar-refractivity contribution in [3.05, 3.63) is 29.3 Å². The third kappa shape index (κ3) is 11.2. The van der Waals surface area contributed by atoms with Crippen LogP contribution >= 0.6 is 0 Å². The van der Waals surface area contributed by atoms with Crippen LogP contribution in [0.4, 0.5) is 0 Å². The molecule has 0 fully saturated rings. The van der Waals surface area contributed by atoms with Crippen molar-refractivity contribution >= 4 is 0 Å². The molecule has 1 rings (SSSR count). The highest BCUT2D eigenvalue weighted by Gasteiger charge is 1.97. The fourth-order valence-electron chi connectivity index (χ4n) is 3.15. The van der Waals surface area contributed by atoms with Crippen molar-refractivity contribution in [2.45, 2.75) is 97.8 Å². The topological polar surface area (TPSA) is 9.23 Å². The van der Waals surface area contributed by atoms with E-state index < -0.39 is 0 Å². The van der Waals surface area contributed by atoms with Crippen LogP contribution in [0.1, 0.15) is 95.1 Å². The molecule has 1 aromatic rings. The molecular formula is C22H38O. The van der Waals surface area contributed by atoms with Crippen molar-refractivity contribution in [3.8, 4) is 5.75 Å². The van der Waals surface area contributed by atoms with E-state index >= 15 is 0 Å². The van der Waals surface area contributed by atoms with Gasteiger partial charge in [-0.25, -0.2) is 0 Å². The first-order valence-electron chi connectivity index (χ1n) is 9.93.